The molecule has 1 aromatic carbocycles. The quantitative estimate of drug-likeness (QED) is 0.838. The van der Waals surface area contributed by atoms with E-state index in [0.717, 1.165) is 25.2 Å². The summed E-state index contributed by atoms with van der Waals surface area (Å²) in [5, 5.41) is 10.5. The zero-order valence-electron chi connectivity index (χ0n) is 13.1. The first-order valence-electron chi connectivity index (χ1n) is 7.43. The molecule has 6 heteroatoms. The number of hydrogen-bond donors (Lipinski definition) is 0. The van der Waals surface area contributed by atoms with Crippen LogP contribution in [0.5, 0.6) is 5.75 Å². The first kappa shape index (κ1) is 17.4. The van der Waals surface area contributed by atoms with Crippen LogP contribution in [0.15, 0.2) is 12.1 Å². The van der Waals surface area contributed by atoms with Crippen LogP contribution < -0.4 is 4.74 Å². The summed E-state index contributed by atoms with van der Waals surface area (Å²) in [7, 11) is 2.10. The Kier molecular flexibility index (Phi) is 5.94. The molecule has 1 aromatic rings. The first-order valence-corrected chi connectivity index (χ1v) is 8.19. The van der Waals surface area contributed by atoms with Crippen molar-refractivity contribution >= 4 is 23.2 Å². The molecule has 1 aliphatic heterocycles. The molecule has 0 bridgehead atoms. The van der Waals surface area contributed by atoms with Gasteiger partial charge >= 0.3 is 0 Å². The van der Waals surface area contributed by atoms with Crippen LogP contribution in [0.4, 0.5) is 0 Å². The summed E-state index contributed by atoms with van der Waals surface area (Å²) in [6, 6.07) is 5.91. The molecule has 1 fully saturated rings. The maximum Gasteiger partial charge on any atom is 0.156 e. The molecule has 2 rings (SSSR count). The van der Waals surface area contributed by atoms with Crippen molar-refractivity contribution in [2.45, 2.75) is 25.9 Å². The van der Waals surface area contributed by atoms with Crippen LogP contribution in [0.1, 0.15) is 25.5 Å². The Labute approximate surface area is 142 Å². The lowest BCUT2D eigenvalue weighted by molar-refractivity contribution is 0.0797. The summed E-state index contributed by atoms with van der Waals surface area (Å²) in [6.45, 7) is 7.24. The Morgan fingerprint density at radius 2 is 2.00 bits per heavy atom. The second-order valence-corrected chi connectivity index (χ2v) is 6.44. The molecule has 1 heterocycles. The van der Waals surface area contributed by atoms with E-state index < -0.39 is 0 Å². The smallest absolute Gasteiger partial charge is 0.156 e. The fourth-order valence-electron chi connectivity index (χ4n) is 2.90. The number of benzene rings is 1. The number of ether oxygens (including phenoxy) is 1. The monoisotopic (exact) mass is 341 g/mol. The number of piperazine rings is 1. The fourth-order valence-corrected chi connectivity index (χ4v) is 3.51. The van der Waals surface area contributed by atoms with Gasteiger partial charge in [0, 0.05) is 25.7 Å². The van der Waals surface area contributed by atoms with Crippen LogP contribution in [0.2, 0.25) is 10.0 Å². The van der Waals surface area contributed by atoms with Gasteiger partial charge in [0.25, 0.3) is 0 Å². The van der Waals surface area contributed by atoms with Gasteiger partial charge in [-0.05, 0) is 38.6 Å². The topological polar surface area (TPSA) is 39.5 Å². The van der Waals surface area contributed by atoms with Gasteiger partial charge in [-0.15, -0.1) is 0 Å². The summed E-state index contributed by atoms with van der Waals surface area (Å²) in [6.07, 6.45) is 0. The van der Waals surface area contributed by atoms with Crippen molar-refractivity contribution in [3.8, 4) is 11.8 Å². The molecule has 4 nitrogen and oxygen atoms in total. The average molecular weight is 342 g/mol. The Balaban J connectivity index is 2.30. The van der Waals surface area contributed by atoms with Crippen molar-refractivity contribution in [3.05, 3.63) is 27.7 Å². The van der Waals surface area contributed by atoms with Crippen molar-refractivity contribution in [1.29, 1.82) is 5.26 Å². The maximum atomic E-state index is 9.65. The Bertz CT molecular complexity index is 550. The maximum absolute atomic E-state index is 9.65. The predicted octanol–water partition coefficient (Wildman–Crippen LogP) is 3.59. The zero-order valence-corrected chi connectivity index (χ0v) is 14.7. The molecule has 2 atom stereocenters. The minimum absolute atomic E-state index is 0.299. The van der Waals surface area contributed by atoms with Gasteiger partial charge in [-0.2, -0.15) is 5.26 Å². The SMILES string of the molecule is CCOc1c(Cl)cc(C(C#N)N2CCN(C)CC2C)cc1Cl. The first-order chi connectivity index (χ1) is 10.5. The third-order valence-corrected chi connectivity index (χ3v) is 4.52. The van der Waals surface area contributed by atoms with E-state index in [0.29, 0.717) is 28.4 Å². The molecule has 0 saturated carbocycles. The molecule has 0 radical (unpaired) electrons. The second kappa shape index (κ2) is 7.52. The van der Waals surface area contributed by atoms with Crippen LogP contribution in [0.25, 0.3) is 0 Å². The summed E-state index contributed by atoms with van der Waals surface area (Å²) < 4.78 is 5.45. The van der Waals surface area contributed by atoms with Crippen molar-refractivity contribution in [2.24, 2.45) is 0 Å². The largest absolute Gasteiger partial charge is 0.491 e. The van der Waals surface area contributed by atoms with Gasteiger partial charge in [-0.25, -0.2) is 0 Å². The van der Waals surface area contributed by atoms with E-state index in [1.807, 2.05) is 6.92 Å². The highest BCUT2D eigenvalue weighted by atomic mass is 35.5. The Morgan fingerprint density at radius 1 is 1.36 bits per heavy atom. The minimum Gasteiger partial charge on any atom is -0.491 e. The van der Waals surface area contributed by atoms with Gasteiger partial charge in [0.1, 0.15) is 6.04 Å². The van der Waals surface area contributed by atoms with Crippen LogP contribution in [-0.2, 0) is 0 Å². The predicted molar refractivity (Wildman–Crippen MR) is 89.7 cm³/mol. The number of nitriles is 1. The van der Waals surface area contributed by atoms with Crippen LogP contribution >= 0.6 is 23.2 Å². The molecule has 1 aliphatic rings. The third kappa shape index (κ3) is 3.67. The van der Waals surface area contributed by atoms with E-state index in [-0.39, 0.29) is 6.04 Å². The number of nitrogens with zero attached hydrogens (tertiary/aromatic N) is 3. The highest BCUT2D eigenvalue weighted by Gasteiger charge is 2.30. The van der Waals surface area contributed by atoms with Gasteiger partial charge < -0.3 is 9.64 Å². The third-order valence-electron chi connectivity index (χ3n) is 3.96. The standard InChI is InChI=1S/C16H21Cl2N3O/c1-4-22-16-13(17)7-12(8-14(16)18)15(9-19)21-6-5-20(3)10-11(21)2/h7-8,11,15H,4-6,10H2,1-3H3. The lowest BCUT2D eigenvalue weighted by Gasteiger charge is -2.40. The van der Waals surface area contributed by atoms with E-state index in [1.54, 1.807) is 12.1 Å². The summed E-state index contributed by atoms with van der Waals surface area (Å²) >= 11 is 12.5. The lowest BCUT2D eigenvalue weighted by atomic mass is 10.0. The molecule has 0 aromatic heterocycles. The van der Waals surface area contributed by atoms with Crippen LogP contribution in [-0.4, -0.2) is 49.1 Å². The van der Waals surface area contributed by atoms with Crippen molar-refractivity contribution in [1.82, 2.24) is 9.80 Å². The van der Waals surface area contributed by atoms with Gasteiger partial charge in [0.15, 0.2) is 5.75 Å². The van der Waals surface area contributed by atoms with Gasteiger partial charge in [-0.3, -0.25) is 4.90 Å². The highest BCUT2D eigenvalue weighted by molar-refractivity contribution is 6.37. The lowest BCUT2D eigenvalue weighted by Crippen LogP contribution is -2.51. The van der Waals surface area contributed by atoms with Gasteiger partial charge in [0.05, 0.1) is 22.7 Å². The van der Waals surface area contributed by atoms with Crippen LogP contribution in [0, 0.1) is 11.3 Å². The van der Waals surface area contributed by atoms with Gasteiger partial charge in [-0.1, -0.05) is 23.2 Å². The highest BCUT2D eigenvalue weighted by Crippen LogP contribution is 2.37. The van der Waals surface area contributed by atoms with Crippen LogP contribution in [0.3, 0.4) is 0 Å². The number of hydrogen-bond acceptors (Lipinski definition) is 4. The summed E-state index contributed by atoms with van der Waals surface area (Å²) in [5.74, 6) is 0.484. The molecule has 0 N–H and O–H groups in total. The molecule has 0 amide bonds. The Hall–Kier alpha value is -0.990. The molecular weight excluding hydrogens is 321 g/mol. The molecule has 22 heavy (non-hydrogen) atoms. The normalized spacial score (nSPS) is 21.4. The minimum atomic E-state index is -0.352. The van der Waals surface area contributed by atoms with E-state index in [4.69, 9.17) is 27.9 Å². The number of halogens is 2. The van der Waals surface area contributed by atoms with Crippen molar-refractivity contribution < 1.29 is 4.74 Å². The molecule has 120 valence electrons. The van der Waals surface area contributed by atoms with E-state index in [9.17, 15) is 5.26 Å². The summed E-state index contributed by atoms with van der Waals surface area (Å²) in [5.41, 5.74) is 0.817. The van der Waals surface area contributed by atoms with E-state index in [2.05, 4.69) is 29.8 Å². The van der Waals surface area contributed by atoms with Crippen molar-refractivity contribution in [3.63, 3.8) is 0 Å². The molecule has 0 spiro atoms. The molecular formula is C16H21Cl2N3O. The zero-order chi connectivity index (χ0) is 16.3. The number of rotatable bonds is 4. The molecule has 2 unspecified atom stereocenters. The molecule has 0 aliphatic carbocycles. The number of likely N-dealkylation sites (N-methyl/N-ethyl adjacent to an activating group) is 1. The fraction of sp³-hybridized carbons (Fsp3) is 0.562. The average Bonchev–Trinajstić information content (AvgIpc) is 2.46. The van der Waals surface area contributed by atoms with Crippen molar-refractivity contribution in [2.75, 3.05) is 33.3 Å². The Morgan fingerprint density at radius 3 is 2.50 bits per heavy atom. The molecule has 1 saturated heterocycles. The summed E-state index contributed by atoms with van der Waals surface area (Å²) in [4.78, 5) is 4.47. The van der Waals surface area contributed by atoms with E-state index in [1.165, 1.54) is 0 Å². The second-order valence-electron chi connectivity index (χ2n) is 5.63. The van der Waals surface area contributed by atoms with Gasteiger partial charge in [0.2, 0.25) is 0 Å². The van der Waals surface area contributed by atoms with E-state index >= 15 is 0 Å².